The molecule has 0 saturated carbocycles. The van der Waals surface area contributed by atoms with Crippen LogP contribution in [-0.2, 0) is 12.8 Å². The third-order valence-corrected chi connectivity index (χ3v) is 11.6. The van der Waals surface area contributed by atoms with Crippen molar-refractivity contribution < 1.29 is 9.59 Å². The third-order valence-electron chi connectivity index (χ3n) is 11.6. The normalized spacial score (nSPS) is 14.9. The summed E-state index contributed by atoms with van der Waals surface area (Å²) in [7, 11) is 0. The maximum absolute atomic E-state index is 14.3. The third kappa shape index (κ3) is 7.25. The van der Waals surface area contributed by atoms with E-state index in [9.17, 15) is 9.59 Å². The Labute approximate surface area is 350 Å². The number of allylic oxidation sites excluding steroid dienone is 2. The largest absolute Gasteiger partial charge is 0.287 e. The second-order valence-electron chi connectivity index (χ2n) is 15.5. The first-order chi connectivity index (χ1) is 29.6. The number of carbonyl (C=O) groups is 2. The van der Waals surface area contributed by atoms with E-state index in [0.717, 1.165) is 102 Å². The molecule has 8 aromatic rings. The second kappa shape index (κ2) is 16.0. The van der Waals surface area contributed by atoms with Crippen molar-refractivity contribution in [2.45, 2.75) is 25.7 Å². The second-order valence-corrected chi connectivity index (χ2v) is 15.5. The fourth-order valence-corrected chi connectivity index (χ4v) is 8.63. The van der Waals surface area contributed by atoms with E-state index < -0.39 is 0 Å². The molecule has 6 aromatic carbocycles. The lowest BCUT2D eigenvalue weighted by Crippen LogP contribution is -2.18. The lowest BCUT2D eigenvalue weighted by molar-refractivity contribution is 0.101. The summed E-state index contributed by atoms with van der Waals surface area (Å²) in [6.07, 6.45) is 6.79. The van der Waals surface area contributed by atoms with Crippen LogP contribution in [0.1, 0.15) is 56.1 Å². The summed E-state index contributed by atoms with van der Waals surface area (Å²) in [6, 6.07) is 61.6. The molecule has 4 heteroatoms. The van der Waals surface area contributed by atoms with Gasteiger partial charge >= 0.3 is 0 Å². The summed E-state index contributed by atoms with van der Waals surface area (Å²) < 4.78 is 0. The fraction of sp³-hybridized carbons (Fsp3) is 0.0714. The van der Waals surface area contributed by atoms with Crippen molar-refractivity contribution in [2.24, 2.45) is 0 Å². The Morgan fingerprint density at radius 3 is 1.08 bits per heavy atom. The van der Waals surface area contributed by atoms with Crippen LogP contribution >= 0.6 is 0 Å². The zero-order chi connectivity index (χ0) is 40.4. The SMILES string of the molecule is O=C1C(=Cc2cccc(-c3cccc(C=C4CCc5c(-c6ccccc6)cc(-c6ccccc6)nc5C4=O)c3)c2)CCc2c(-c3ccccc3)cc(-c3ccccc3)nc21. The maximum atomic E-state index is 14.3. The predicted octanol–water partition coefficient (Wildman–Crippen LogP) is 13.2. The van der Waals surface area contributed by atoms with Gasteiger partial charge in [-0.05, 0) is 118 Å². The molecule has 0 radical (unpaired) electrons. The van der Waals surface area contributed by atoms with Gasteiger partial charge in [0.05, 0.1) is 11.4 Å². The van der Waals surface area contributed by atoms with Gasteiger partial charge in [0.25, 0.3) is 0 Å². The molecule has 0 atom stereocenters. The minimum absolute atomic E-state index is 0.0229. The number of fused-ring (bicyclic) bond motifs is 2. The number of hydrogen-bond donors (Lipinski definition) is 0. The molecule has 2 aromatic heterocycles. The number of hydrogen-bond acceptors (Lipinski definition) is 4. The molecule has 0 aliphatic heterocycles. The number of rotatable bonds is 7. The molecule has 0 amide bonds. The van der Waals surface area contributed by atoms with Crippen LogP contribution in [-0.4, -0.2) is 21.5 Å². The van der Waals surface area contributed by atoms with Crippen LogP contribution in [0.15, 0.2) is 193 Å². The summed E-state index contributed by atoms with van der Waals surface area (Å²) in [5.74, 6) is -0.0459. The molecule has 0 saturated heterocycles. The molecule has 0 bridgehead atoms. The van der Waals surface area contributed by atoms with Crippen molar-refractivity contribution in [3.8, 4) is 55.9 Å². The number of benzene rings is 6. The Bertz CT molecular complexity index is 2780. The Hall–Kier alpha value is -7.56. The average molecular weight is 773 g/mol. The first-order valence-corrected chi connectivity index (χ1v) is 20.6. The van der Waals surface area contributed by atoms with Gasteiger partial charge in [0, 0.05) is 22.3 Å². The topological polar surface area (TPSA) is 59.9 Å². The van der Waals surface area contributed by atoms with Gasteiger partial charge < -0.3 is 0 Å². The van der Waals surface area contributed by atoms with E-state index >= 15 is 0 Å². The van der Waals surface area contributed by atoms with Crippen molar-refractivity contribution in [2.75, 3.05) is 0 Å². The summed E-state index contributed by atoms with van der Waals surface area (Å²) in [5, 5.41) is 0. The molecule has 0 fully saturated rings. The van der Waals surface area contributed by atoms with E-state index in [0.29, 0.717) is 24.2 Å². The molecule has 286 valence electrons. The highest BCUT2D eigenvalue weighted by atomic mass is 16.1. The molecule has 10 rings (SSSR count). The van der Waals surface area contributed by atoms with Crippen LogP contribution in [0.5, 0.6) is 0 Å². The van der Waals surface area contributed by atoms with Crippen LogP contribution in [0, 0.1) is 0 Å². The lowest BCUT2D eigenvalue weighted by atomic mass is 9.84. The first-order valence-electron chi connectivity index (χ1n) is 20.6. The van der Waals surface area contributed by atoms with E-state index in [4.69, 9.17) is 9.97 Å². The number of ketones is 2. The first kappa shape index (κ1) is 36.8. The zero-order valence-corrected chi connectivity index (χ0v) is 33.0. The molecule has 2 heterocycles. The molecule has 60 heavy (non-hydrogen) atoms. The molecular formula is C56H40N2O2. The summed E-state index contributed by atoms with van der Waals surface area (Å²) >= 11 is 0. The van der Waals surface area contributed by atoms with Crippen molar-refractivity contribution >= 4 is 23.7 Å². The molecular weight excluding hydrogens is 733 g/mol. The maximum Gasteiger partial charge on any atom is 0.207 e. The number of Topliss-reactive ketones (excluding diaryl/α,β-unsaturated/α-hetero) is 2. The van der Waals surface area contributed by atoms with Gasteiger partial charge in [0.1, 0.15) is 11.4 Å². The molecule has 2 aliphatic rings. The number of pyridine rings is 2. The van der Waals surface area contributed by atoms with Crippen LogP contribution in [0.4, 0.5) is 0 Å². The van der Waals surface area contributed by atoms with Gasteiger partial charge in [0.2, 0.25) is 11.6 Å². The van der Waals surface area contributed by atoms with E-state index in [1.807, 2.05) is 133 Å². The highest BCUT2D eigenvalue weighted by molar-refractivity contribution is 6.14. The molecule has 0 unspecified atom stereocenters. The fourth-order valence-electron chi connectivity index (χ4n) is 8.63. The quantitative estimate of drug-likeness (QED) is 0.151. The van der Waals surface area contributed by atoms with Crippen molar-refractivity contribution in [3.63, 3.8) is 0 Å². The Morgan fingerprint density at radius 2 is 0.700 bits per heavy atom. The zero-order valence-electron chi connectivity index (χ0n) is 33.0. The monoisotopic (exact) mass is 772 g/mol. The van der Waals surface area contributed by atoms with Crippen LogP contribution < -0.4 is 0 Å². The van der Waals surface area contributed by atoms with Gasteiger partial charge in [-0.1, -0.05) is 158 Å². The van der Waals surface area contributed by atoms with E-state index in [1.54, 1.807) is 0 Å². The Morgan fingerprint density at radius 1 is 0.350 bits per heavy atom. The van der Waals surface area contributed by atoms with E-state index in [-0.39, 0.29) is 11.6 Å². The minimum Gasteiger partial charge on any atom is -0.287 e. The van der Waals surface area contributed by atoms with E-state index in [1.165, 1.54) is 0 Å². The number of aromatic nitrogens is 2. The standard InChI is InChI=1S/C56H40N2O2/c59-55-45(27-29-47-49(39-17-5-1-6-18-39)35-51(57-53(47)55)41-21-9-3-10-22-41)33-37-15-13-25-43(31-37)44-26-14-16-38(32-44)34-46-28-30-48-50(40-19-7-2-8-20-40)36-52(58-54(48)56(46)60)42-23-11-4-12-24-42/h1-26,31-36H,27-30H2. The van der Waals surface area contributed by atoms with Crippen LogP contribution in [0.2, 0.25) is 0 Å². The summed E-state index contributed by atoms with van der Waals surface area (Å²) in [6.45, 7) is 0. The summed E-state index contributed by atoms with van der Waals surface area (Å²) in [5.41, 5.74) is 16.4. The number of carbonyl (C=O) groups excluding carboxylic acids is 2. The van der Waals surface area contributed by atoms with Gasteiger partial charge in [0.15, 0.2) is 0 Å². The van der Waals surface area contributed by atoms with E-state index in [2.05, 4.69) is 60.7 Å². The highest BCUT2D eigenvalue weighted by Crippen LogP contribution is 2.38. The number of nitrogens with zero attached hydrogens (tertiary/aromatic N) is 2. The van der Waals surface area contributed by atoms with Gasteiger partial charge in [-0.2, -0.15) is 0 Å². The van der Waals surface area contributed by atoms with Crippen LogP contribution in [0.3, 0.4) is 0 Å². The van der Waals surface area contributed by atoms with Gasteiger partial charge in [-0.25, -0.2) is 9.97 Å². The molecule has 4 nitrogen and oxygen atoms in total. The molecule has 0 spiro atoms. The van der Waals surface area contributed by atoms with Crippen LogP contribution in [0.25, 0.3) is 68.0 Å². The Kier molecular flexibility index (Phi) is 9.80. The molecule has 0 N–H and O–H groups in total. The van der Waals surface area contributed by atoms with Crippen molar-refractivity contribution in [1.29, 1.82) is 0 Å². The smallest absolute Gasteiger partial charge is 0.207 e. The predicted molar refractivity (Wildman–Crippen MR) is 243 cm³/mol. The van der Waals surface area contributed by atoms with Gasteiger partial charge in [-0.3, -0.25) is 9.59 Å². The minimum atomic E-state index is -0.0229. The highest BCUT2D eigenvalue weighted by Gasteiger charge is 2.29. The average Bonchev–Trinajstić information content (AvgIpc) is 3.31. The lowest BCUT2D eigenvalue weighted by Gasteiger charge is -2.22. The Balaban J connectivity index is 0.951. The molecule has 2 aliphatic carbocycles. The van der Waals surface area contributed by atoms with Crippen molar-refractivity contribution in [3.05, 3.63) is 227 Å². The summed E-state index contributed by atoms with van der Waals surface area (Å²) in [4.78, 5) is 38.6. The van der Waals surface area contributed by atoms with Crippen molar-refractivity contribution in [1.82, 2.24) is 9.97 Å². The van der Waals surface area contributed by atoms with Gasteiger partial charge in [-0.15, -0.1) is 0 Å².